The fourth-order valence-electron chi connectivity index (χ4n) is 4.51. The molecule has 3 aromatic rings. The van der Waals surface area contributed by atoms with Gasteiger partial charge in [0.1, 0.15) is 28.9 Å². The lowest BCUT2D eigenvalue weighted by molar-refractivity contribution is 0.0576. The highest BCUT2D eigenvalue weighted by Crippen LogP contribution is 2.39. The normalized spacial score (nSPS) is 17.3. The summed E-state index contributed by atoms with van der Waals surface area (Å²) in [5.41, 5.74) is 3.69. The number of ether oxygens (including phenoxy) is 1. The zero-order chi connectivity index (χ0) is 24.0. The first kappa shape index (κ1) is 22.1. The van der Waals surface area contributed by atoms with Crippen LogP contribution in [0.2, 0.25) is 0 Å². The summed E-state index contributed by atoms with van der Waals surface area (Å²) in [6.45, 7) is 7.38. The molecule has 0 bridgehead atoms. The molecule has 0 aliphatic carbocycles. The lowest BCUT2D eigenvalue weighted by atomic mass is 10.1. The summed E-state index contributed by atoms with van der Waals surface area (Å²) in [5, 5.41) is 0. The molecule has 0 aromatic heterocycles. The predicted octanol–water partition coefficient (Wildman–Crippen LogP) is 5.61. The number of aryl methyl sites for hydroxylation is 2. The van der Waals surface area contributed by atoms with Gasteiger partial charge in [-0.25, -0.2) is 13.8 Å². The summed E-state index contributed by atoms with van der Waals surface area (Å²) in [6, 6.07) is 14.8. The van der Waals surface area contributed by atoms with E-state index in [4.69, 9.17) is 9.73 Å². The first-order valence-electron chi connectivity index (χ1n) is 11.3. The maximum atomic E-state index is 14.2. The van der Waals surface area contributed by atoms with Gasteiger partial charge in [0, 0.05) is 31.7 Å². The van der Waals surface area contributed by atoms with E-state index in [-0.39, 0.29) is 11.6 Å². The fourth-order valence-corrected chi connectivity index (χ4v) is 4.51. The first-order chi connectivity index (χ1) is 16.3. The number of amides is 1. The van der Waals surface area contributed by atoms with Crippen molar-refractivity contribution in [1.29, 1.82) is 0 Å². The number of nitrogens with zero attached hydrogens (tertiary/aromatic N) is 3. The third kappa shape index (κ3) is 4.02. The molecule has 2 aliphatic rings. The molecule has 3 aromatic carbocycles. The van der Waals surface area contributed by atoms with Gasteiger partial charge in [-0.1, -0.05) is 17.7 Å². The maximum Gasteiger partial charge on any atom is 0.257 e. The lowest BCUT2D eigenvalue weighted by Gasteiger charge is -2.41. The minimum Gasteiger partial charge on any atom is -0.454 e. The van der Waals surface area contributed by atoms with Gasteiger partial charge >= 0.3 is 0 Å². The standard InChI is InChI=1S/C27H25F2N3O2/c1-16-5-9-24-21(12-16)26(30-23-8-4-17(2)13-25(23)34-24)31-10-11-32(18(3)15-31)27(33)20-7-6-19(28)14-22(20)29/h4-9,12-14,18H,10-11,15H2,1-3H3/t18-/m1/s1. The van der Waals surface area contributed by atoms with E-state index < -0.39 is 17.5 Å². The first-order valence-corrected chi connectivity index (χ1v) is 11.3. The predicted molar refractivity (Wildman–Crippen MR) is 127 cm³/mol. The summed E-state index contributed by atoms with van der Waals surface area (Å²) in [4.78, 5) is 21.8. The van der Waals surface area contributed by atoms with Gasteiger partial charge in [-0.05, 0) is 62.7 Å². The van der Waals surface area contributed by atoms with E-state index in [1.54, 1.807) is 4.90 Å². The Kier molecular flexibility index (Phi) is 5.55. The quantitative estimate of drug-likeness (QED) is 0.473. The van der Waals surface area contributed by atoms with Crippen LogP contribution in [0.1, 0.15) is 34.0 Å². The van der Waals surface area contributed by atoms with Gasteiger partial charge in [0.15, 0.2) is 5.75 Å². The van der Waals surface area contributed by atoms with E-state index in [1.807, 2.05) is 51.1 Å². The number of amidine groups is 1. The Morgan fingerprint density at radius 3 is 2.50 bits per heavy atom. The second-order valence-corrected chi connectivity index (χ2v) is 8.93. The van der Waals surface area contributed by atoms with Crippen molar-refractivity contribution < 1.29 is 18.3 Å². The lowest BCUT2D eigenvalue weighted by Crippen LogP contribution is -2.55. The van der Waals surface area contributed by atoms with Crippen LogP contribution in [-0.4, -0.2) is 47.2 Å². The number of rotatable bonds is 1. The number of piperazine rings is 1. The molecule has 0 saturated carbocycles. The molecule has 0 spiro atoms. The number of halogens is 2. The monoisotopic (exact) mass is 461 g/mol. The van der Waals surface area contributed by atoms with Crippen molar-refractivity contribution in [2.24, 2.45) is 4.99 Å². The van der Waals surface area contributed by atoms with Crippen LogP contribution in [0.3, 0.4) is 0 Å². The molecule has 0 unspecified atom stereocenters. The van der Waals surface area contributed by atoms with Gasteiger partial charge in [-0.2, -0.15) is 0 Å². The molecule has 34 heavy (non-hydrogen) atoms. The van der Waals surface area contributed by atoms with Gasteiger partial charge in [0.25, 0.3) is 5.91 Å². The Labute approximate surface area is 197 Å². The highest BCUT2D eigenvalue weighted by molar-refractivity contribution is 6.04. The highest BCUT2D eigenvalue weighted by Gasteiger charge is 2.33. The van der Waals surface area contributed by atoms with Crippen LogP contribution in [0.15, 0.2) is 59.6 Å². The van der Waals surface area contributed by atoms with Crippen molar-refractivity contribution in [3.8, 4) is 11.5 Å². The molecule has 5 nitrogen and oxygen atoms in total. The topological polar surface area (TPSA) is 45.1 Å². The highest BCUT2D eigenvalue weighted by atomic mass is 19.1. The average molecular weight is 462 g/mol. The Bertz CT molecular complexity index is 1320. The number of aliphatic imine (C=N–C) groups is 1. The number of fused-ring (bicyclic) bond motifs is 2. The van der Waals surface area contributed by atoms with Crippen molar-refractivity contribution in [1.82, 2.24) is 9.80 Å². The summed E-state index contributed by atoms with van der Waals surface area (Å²) in [6.07, 6.45) is 0. The maximum absolute atomic E-state index is 14.2. The van der Waals surface area contributed by atoms with E-state index in [0.29, 0.717) is 25.4 Å². The van der Waals surface area contributed by atoms with Gasteiger partial charge in [0.05, 0.1) is 11.1 Å². The third-order valence-electron chi connectivity index (χ3n) is 6.29. The van der Waals surface area contributed by atoms with Crippen molar-refractivity contribution in [3.05, 3.63) is 88.5 Å². The molecule has 2 heterocycles. The second-order valence-electron chi connectivity index (χ2n) is 8.93. The van der Waals surface area contributed by atoms with Crippen LogP contribution in [0.4, 0.5) is 14.5 Å². The number of benzene rings is 3. The molecule has 1 saturated heterocycles. The molecule has 7 heteroatoms. The molecule has 1 amide bonds. The van der Waals surface area contributed by atoms with Crippen molar-refractivity contribution in [2.45, 2.75) is 26.8 Å². The molecular weight excluding hydrogens is 436 g/mol. The van der Waals surface area contributed by atoms with E-state index in [0.717, 1.165) is 46.1 Å². The van der Waals surface area contributed by atoms with Crippen molar-refractivity contribution >= 4 is 17.4 Å². The Morgan fingerprint density at radius 1 is 0.971 bits per heavy atom. The van der Waals surface area contributed by atoms with Crippen molar-refractivity contribution in [3.63, 3.8) is 0 Å². The minimum atomic E-state index is -0.846. The van der Waals surface area contributed by atoms with E-state index >= 15 is 0 Å². The van der Waals surface area contributed by atoms with Gasteiger partial charge in [0.2, 0.25) is 0 Å². The van der Waals surface area contributed by atoms with E-state index in [2.05, 4.69) is 11.0 Å². The summed E-state index contributed by atoms with van der Waals surface area (Å²) >= 11 is 0. The third-order valence-corrected chi connectivity index (χ3v) is 6.29. The second kappa shape index (κ2) is 8.56. The van der Waals surface area contributed by atoms with Crippen LogP contribution in [0.25, 0.3) is 0 Å². The van der Waals surface area contributed by atoms with Crippen LogP contribution in [0, 0.1) is 25.5 Å². The number of carbonyl (C=O) groups is 1. The Balaban J connectivity index is 1.47. The number of hydrogen-bond donors (Lipinski definition) is 0. The fraction of sp³-hybridized carbons (Fsp3) is 0.259. The zero-order valence-corrected chi connectivity index (χ0v) is 19.3. The Morgan fingerprint density at radius 2 is 1.74 bits per heavy atom. The zero-order valence-electron chi connectivity index (χ0n) is 19.3. The molecule has 174 valence electrons. The van der Waals surface area contributed by atoms with Crippen molar-refractivity contribution in [2.75, 3.05) is 19.6 Å². The summed E-state index contributed by atoms with van der Waals surface area (Å²) in [5.74, 6) is 0.231. The number of hydrogen-bond acceptors (Lipinski definition) is 4. The van der Waals surface area contributed by atoms with Crippen LogP contribution < -0.4 is 4.74 Å². The molecule has 5 rings (SSSR count). The summed E-state index contributed by atoms with van der Waals surface area (Å²) < 4.78 is 33.8. The van der Waals surface area contributed by atoms with Crippen LogP contribution >= 0.6 is 0 Å². The van der Waals surface area contributed by atoms with E-state index in [9.17, 15) is 13.6 Å². The molecular formula is C27H25F2N3O2. The minimum absolute atomic E-state index is 0.118. The van der Waals surface area contributed by atoms with Gasteiger partial charge < -0.3 is 14.5 Å². The molecule has 0 radical (unpaired) electrons. The molecule has 2 aliphatic heterocycles. The average Bonchev–Trinajstić information content (AvgIpc) is 2.94. The smallest absolute Gasteiger partial charge is 0.257 e. The van der Waals surface area contributed by atoms with Crippen LogP contribution in [-0.2, 0) is 0 Å². The molecule has 1 fully saturated rings. The number of carbonyl (C=O) groups excluding carboxylic acids is 1. The molecule has 1 atom stereocenters. The largest absolute Gasteiger partial charge is 0.454 e. The summed E-state index contributed by atoms with van der Waals surface area (Å²) in [7, 11) is 0. The van der Waals surface area contributed by atoms with Gasteiger partial charge in [-0.3, -0.25) is 4.79 Å². The molecule has 0 N–H and O–H groups in total. The van der Waals surface area contributed by atoms with E-state index in [1.165, 1.54) is 6.07 Å². The Hall–Kier alpha value is -3.74. The SMILES string of the molecule is Cc1ccc2c(c1)Oc1ccc(C)cc1C(N1CCN(C(=O)c3ccc(F)cc3F)[C@H](C)C1)=N2. The van der Waals surface area contributed by atoms with Gasteiger partial charge in [-0.15, -0.1) is 0 Å². The van der Waals surface area contributed by atoms with Crippen LogP contribution in [0.5, 0.6) is 11.5 Å².